The fourth-order valence-electron chi connectivity index (χ4n) is 1.62. The van der Waals surface area contributed by atoms with Gasteiger partial charge >= 0.3 is 6.16 Å². The second kappa shape index (κ2) is 5.18. The Morgan fingerprint density at radius 3 is 2.89 bits per heavy atom. The first-order chi connectivity index (χ1) is 8.65. The number of rotatable bonds is 3. The van der Waals surface area contributed by atoms with Gasteiger partial charge in [-0.3, -0.25) is 0 Å². The SMILES string of the molecule is CCOC(=O)Oc1[nH]c2ccc(Cl)cc2c1OC. The van der Waals surface area contributed by atoms with E-state index in [9.17, 15) is 4.79 Å². The number of aromatic amines is 1. The lowest BCUT2D eigenvalue weighted by Gasteiger charge is -2.04. The lowest BCUT2D eigenvalue weighted by Crippen LogP contribution is -2.10. The van der Waals surface area contributed by atoms with E-state index in [0.717, 1.165) is 10.9 Å². The maximum Gasteiger partial charge on any atom is 0.515 e. The lowest BCUT2D eigenvalue weighted by molar-refractivity contribution is 0.102. The molecule has 0 unspecified atom stereocenters. The number of aromatic nitrogens is 1. The Morgan fingerprint density at radius 1 is 1.44 bits per heavy atom. The van der Waals surface area contributed by atoms with E-state index in [4.69, 9.17) is 25.8 Å². The number of benzene rings is 1. The molecule has 5 nitrogen and oxygen atoms in total. The molecule has 0 aliphatic carbocycles. The summed E-state index contributed by atoms with van der Waals surface area (Å²) in [6.45, 7) is 1.94. The van der Waals surface area contributed by atoms with Gasteiger partial charge in [0.2, 0.25) is 5.88 Å². The van der Waals surface area contributed by atoms with Gasteiger partial charge < -0.3 is 19.2 Å². The van der Waals surface area contributed by atoms with E-state index in [1.807, 2.05) is 0 Å². The molecule has 0 amide bonds. The molecule has 1 heterocycles. The fourth-order valence-corrected chi connectivity index (χ4v) is 1.79. The van der Waals surface area contributed by atoms with Crippen molar-refractivity contribution in [2.75, 3.05) is 13.7 Å². The molecule has 2 aromatic rings. The highest BCUT2D eigenvalue weighted by Gasteiger charge is 2.17. The second-order valence-corrected chi connectivity index (χ2v) is 3.90. The molecule has 0 atom stereocenters. The molecule has 0 radical (unpaired) electrons. The summed E-state index contributed by atoms with van der Waals surface area (Å²) in [5.74, 6) is 0.619. The van der Waals surface area contributed by atoms with Crippen molar-refractivity contribution in [1.29, 1.82) is 0 Å². The molecule has 0 spiro atoms. The third kappa shape index (κ3) is 2.36. The average molecular weight is 270 g/mol. The van der Waals surface area contributed by atoms with Crippen LogP contribution in [-0.4, -0.2) is 24.9 Å². The van der Waals surface area contributed by atoms with Crippen LogP contribution in [0.1, 0.15) is 6.92 Å². The number of nitrogens with one attached hydrogen (secondary N) is 1. The Balaban J connectivity index is 2.41. The van der Waals surface area contributed by atoms with Crippen molar-refractivity contribution in [2.45, 2.75) is 6.92 Å². The third-order valence-electron chi connectivity index (χ3n) is 2.33. The second-order valence-electron chi connectivity index (χ2n) is 3.46. The Kier molecular flexibility index (Phi) is 3.62. The maximum atomic E-state index is 11.3. The van der Waals surface area contributed by atoms with Gasteiger partial charge in [0, 0.05) is 10.4 Å². The van der Waals surface area contributed by atoms with Gasteiger partial charge in [0.25, 0.3) is 0 Å². The van der Waals surface area contributed by atoms with Crippen LogP contribution in [0.2, 0.25) is 5.02 Å². The summed E-state index contributed by atoms with van der Waals surface area (Å²) in [5.41, 5.74) is 0.760. The summed E-state index contributed by atoms with van der Waals surface area (Å²) >= 11 is 5.91. The van der Waals surface area contributed by atoms with Crippen LogP contribution in [0.15, 0.2) is 18.2 Å². The summed E-state index contributed by atoms with van der Waals surface area (Å²) in [4.78, 5) is 14.2. The highest BCUT2D eigenvalue weighted by Crippen LogP contribution is 2.37. The largest absolute Gasteiger partial charge is 0.515 e. The first kappa shape index (κ1) is 12.6. The van der Waals surface area contributed by atoms with Crippen LogP contribution in [0.3, 0.4) is 0 Å². The van der Waals surface area contributed by atoms with Crippen LogP contribution >= 0.6 is 11.6 Å². The minimum atomic E-state index is -0.784. The predicted octanol–water partition coefficient (Wildman–Crippen LogP) is 3.37. The quantitative estimate of drug-likeness (QED) is 0.868. The van der Waals surface area contributed by atoms with E-state index >= 15 is 0 Å². The molecule has 0 aliphatic heterocycles. The van der Waals surface area contributed by atoms with Gasteiger partial charge in [-0.05, 0) is 25.1 Å². The van der Waals surface area contributed by atoms with Gasteiger partial charge in [0.05, 0.1) is 19.2 Å². The van der Waals surface area contributed by atoms with Crippen LogP contribution in [-0.2, 0) is 4.74 Å². The Bertz CT molecular complexity index is 579. The van der Waals surface area contributed by atoms with Gasteiger partial charge in [-0.2, -0.15) is 0 Å². The number of ether oxygens (including phenoxy) is 3. The van der Waals surface area contributed by atoms with E-state index < -0.39 is 6.16 Å². The van der Waals surface area contributed by atoms with Gasteiger partial charge in [-0.25, -0.2) is 4.79 Å². The number of carbonyl (C=O) groups is 1. The summed E-state index contributed by atoms with van der Waals surface area (Å²) < 4.78 is 14.9. The zero-order chi connectivity index (χ0) is 13.1. The number of hydrogen-bond donors (Lipinski definition) is 1. The van der Waals surface area contributed by atoms with Crippen LogP contribution in [0, 0.1) is 0 Å². The van der Waals surface area contributed by atoms with Crippen molar-refractivity contribution in [2.24, 2.45) is 0 Å². The van der Waals surface area contributed by atoms with Gasteiger partial charge in [-0.1, -0.05) is 11.6 Å². The molecule has 1 aromatic heterocycles. The van der Waals surface area contributed by atoms with E-state index in [1.165, 1.54) is 7.11 Å². The van der Waals surface area contributed by atoms with E-state index in [-0.39, 0.29) is 12.5 Å². The molecule has 2 rings (SSSR count). The third-order valence-corrected chi connectivity index (χ3v) is 2.57. The minimum Gasteiger partial charge on any atom is -0.491 e. The highest BCUT2D eigenvalue weighted by molar-refractivity contribution is 6.31. The van der Waals surface area contributed by atoms with Crippen LogP contribution in [0.4, 0.5) is 4.79 Å². The maximum absolute atomic E-state index is 11.3. The molecule has 1 N–H and O–H groups in total. The molecule has 0 fully saturated rings. The zero-order valence-electron chi connectivity index (χ0n) is 9.95. The van der Waals surface area contributed by atoms with Crippen molar-refractivity contribution < 1.29 is 19.0 Å². The standard InChI is InChI=1S/C12H12ClNO4/c1-3-17-12(15)18-11-10(16-2)8-6-7(13)4-5-9(8)14-11/h4-6,14H,3H2,1-2H3. The van der Waals surface area contributed by atoms with Gasteiger partial charge in [0.1, 0.15) is 0 Å². The Hall–Kier alpha value is -1.88. The van der Waals surface area contributed by atoms with Crippen LogP contribution in [0.5, 0.6) is 11.6 Å². The summed E-state index contributed by atoms with van der Waals surface area (Å²) in [6, 6.07) is 5.23. The number of fused-ring (bicyclic) bond motifs is 1. The molecular weight excluding hydrogens is 258 g/mol. The predicted molar refractivity (Wildman–Crippen MR) is 67.5 cm³/mol. The van der Waals surface area contributed by atoms with Crippen molar-refractivity contribution in [1.82, 2.24) is 4.98 Å². The molecule has 18 heavy (non-hydrogen) atoms. The van der Waals surface area contributed by atoms with E-state index in [1.54, 1.807) is 25.1 Å². The first-order valence-electron chi connectivity index (χ1n) is 5.35. The van der Waals surface area contributed by atoms with Gasteiger partial charge in [-0.15, -0.1) is 0 Å². The molecule has 6 heteroatoms. The number of hydrogen-bond acceptors (Lipinski definition) is 4. The van der Waals surface area contributed by atoms with Crippen molar-refractivity contribution >= 4 is 28.7 Å². The van der Waals surface area contributed by atoms with Crippen molar-refractivity contribution in [3.05, 3.63) is 23.2 Å². The summed E-state index contributed by atoms with van der Waals surface area (Å²) in [7, 11) is 1.49. The molecule has 0 saturated carbocycles. The Labute approximate surface area is 109 Å². The number of halogens is 1. The number of carbonyl (C=O) groups excluding carboxylic acids is 1. The molecule has 0 saturated heterocycles. The van der Waals surface area contributed by atoms with Crippen LogP contribution in [0.25, 0.3) is 10.9 Å². The number of H-pyrrole nitrogens is 1. The number of methoxy groups -OCH3 is 1. The lowest BCUT2D eigenvalue weighted by atomic mass is 10.2. The molecular formula is C12H12ClNO4. The molecule has 96 valence electrons. The molecule has 0 aliphatic rings. The summed E-state index contributed by atoms with van der Waals surface area (Å²) in [6.07, 6.45) is -0.784. The average Bonchev–Trinajstić information content (AvgIpc) is 2.65. The topological polar surface area (TPSA) is 60.5 Å². The fraction of sp³-hybridized carbons (Fsp3) is 0.250. The minimum absolute atomic E-state index is 0.202. The highest BCUT2D eigenvalue weighted by atomic mass is 35.5. The first-order valence-corrected chi connectivity index (χ1v) is 5.73. The molecule has 0 bridgehead atoms. The van der Waals surface area contributed by atoms with E-state index in [0.29, 0.717) is 10.8 Å². The summed E-state index contributed by atoms with van der Waals surface area (Å²) in [5, 5.41) is 1.31. The monoisotopic (exact) mass is 269 g/mol. The Morgan fingerprint density at radius 2 is 2.22 bits per heavy atom. The smallest absolute Gasteiger partial charge is 0.491 e. The van der Waals surface area contributed by atoms with Crippen molar-refractivity contribution in [3.8, 4) is 11.6 Å². The van der Waals surface area contributed by atoms with Crippen molar-refractivity contribution in [3.63, 3.8) is 0 Å². The normalized spacial score (nSPS) is 10.4. The molecule has 1 aromatic carbocycles. The zero-order valence-corrected chi connectivity index (χ0v) is 10.7. The van der Waals surface area contributed by atoms with Crippen LogP contribution < -0.4 is 9.47 Å². The van der Waals surface area contributed by atoms with E-state index in [2.05, 4.69) is 4.98 Å². The van der Waals surface area contributed by atoms with Gasteiger partial charge in [0.15, 0.2) is 5.75 Å².